The van der Waals surface area contributed by atoms with Crippen molar-refractivity contribution in [3.63, 3.8) is 0 Å². The molecule has 0 radical (unpaired) electrons. The van der Waals surface area contributed by atoms with Gasteiger partial charge < -0.3 is 9.47 Å². The Bertz CT molecular complexity index is 302. The summed E-state index contributed by atoms with van der Waals surface area (Å²) in [7, 11) is 0. The molecule has 0 amide bonds. The number of hydrogen-bond donors (Lipinski definition) is 0. The van der Waals surface area contributed by atoms with Crippen molar-refractivity contribution in [1.82, 2.24) is 0 Å². The Kier molecular flexibility index (Phi) is 8.10. The maximum absolute atomic E-state index is 5.56. The lowest BCUT2D eigenvalue weighted by Gasteiger charge is -2.07. The topological polar surface area (TPSA) is 18.5 Å². The second-order valence-corrected chi connectivity index (χ2v) is 4.89. The van der Waals surface area contributed by atoms with Gasteiger partial charge in [-0.2, -0.15) is 0 Å². The molecule has 2 nitrogen and oxygen atoms in total. The molecule has 0 aliphatic heterocycles. The quantitative estimate of drug-likeness (QED) is 0.628. The summed E-state index contributed by atoms with van der Waals surface area (Å²) in [5.41, 5.74) is 0. The number of rotatable bonds is 9. The van der Waals surface area contributed by atoms with Crippen molar-refractivity contribution in [1.29, 1.82) is 0 Å². The van der Waals surface area contributed by atoms with Gasteiger partial charge in [0.15, 0.2) is 0 Å². The van der Waals surface area contributed by atoms with E-state index in [2.05, 4.69) is 22.9 Å². The van der Waals surface area contributed by atoms with Gasteiger partial charge in [0.2, 0.25) is 0 Å². The van der Waals surface area contributed by atoms with E-state index in [1.807, 2.05) is 24.3 Å². The van der Waals surface area contributed by atoms with E-state index >= 15 is 0 Å². The Balaban J connectivity index is 1.97. The predicted molar refractivity (Wildman–Crippen MR) is 74.6 cm³/mol. The highest BCUT2D eigenvalue weighted by atomic mass is 79.9. The highest BCUT2D eigenvalue weighted by Crippen LogP contribution is 2.17. The number of hydrogen-bond acceptors (Lipinski definition) is 2. The van der Waals surface area contributed by atoms with Crippen molar-refractivity contribution in [2.75, 3.05) is 19.8 Å². The Morgan fingerprint density at radius 1 is 1.06 bits per heavy atom. The Morgan fingerprint density at radius 3 is 2.71 bits per heavy atom. The summed E-state index contributed by atoms with van der Waals surface area (Å²) in [5.74, 6) is 0.883. The first-order valence-electron chi connectivity index (χ1n) is 6.29. The van der Waals surface area contributed by atoms with E-state index in [4.69, 9.17) is 9.47 Å². The molecule has 1 aromatic carbocycles. The predicted octanol–water partition coefficient (Wildman–Crippen LogP) is 4.42. The molecule has 96 valence electrons. The van der Waals surface area contributed by atoms with Crippen LogP contribution in [0.4, 0.5) is 0 Å². The summed E-state index contributed by atoms with van der Waals surface area (Å²) in [6.07, 6.45) is 5.00. The van der Waals surface area contributed by atoms with Crippen LogP contribution in [-0.2, 0) is 4.74 Å². The standard InChI is InChI=1S/C14H21BrO2/c1-2-3-4-5-9-16-10-11-17-14-8-6-7-13(15)12-14/h6-8,12H,2-5,9-11H2,1H3. The van der Waals surface area contributed by atoms with Crippen molar-refractivity contribution >= 4 is 15.9 Å². The van der Waals surface area contributed by atoms with Crippen LogP contribution in [0.1, 0.15) is 32.6 Å². The molecule has 0 heterocycles. The zero-order chi connectivity index (χ0) is 12.3. The van der Waals surface area contributed by atoms with E-state index in [0.29, 0.717) is 13.2 Å². The van der Waals surface area contributed by atoms with E-state index in [9.17, 15) is 0 Å². The van der Waals surface area contributed by atoms with Gasteiger partial charge in [0, 0.05) is 11.1 Å². The molecule has 0 saturated carbocycles. The minimum atomic E-state index is 0.615. The maximum atomic E-state index is 5.56. The second-order valence-electron chi connectivity index (χ2n) is 3.98. The van der Waals surface area contributed by atoms with E-state index in [1.165, 1.54) is 19.3 Å². The SMILES string of the molecule is CCCCCCOCCOc1cccc(Br)c1. The van der Waals surface area contributed by atoms with E-state index < -0.39 is 0 Å². The van der Waals surface area contributed by atoms with E-state index in [-0.39, 0.29) is 0 Å². The van der Waals surface area contributed by atoms with Gasteiger partial charge in [-0.05, 0) is 24.6 Å². The molecular formula is C14H21BrO2. The Morgan fingerprint density at radius 2 is 1.94 bits per heavy atom. The molecule has 0 bridgehead atoms. The zero-order valence-electron chi connectivity index (χ0n) is 10.5. The third kappa shape index (κ3) is 7.40. The van der Waals surface area contributed by atoms with Crippen molar-refractivity contribution in [2.24, 2.45) is 0 Å². The maximum Gasteiger partial charge on any atom is 0.120 e. The summed E-state index contributed by atoms with van der Waals surface area (Å²) < 4.78 is 12.1. The number of halogens is 1. The van der Waals surface area contributed by atoms with Crippen molar-refractivity contribution in [2.45, 2.75) is 32.6 Å². The molecule has 0 N–H and O–H groups in total. The molecule has 3 heteroatoms. The van der Waals surface area contributed by atoms with Gasteiger partial charge in [-0.15, -0.1) is 0 Å². The first kappa shape index (κ1) is 14.5. The van der Waals surface area contributed by atoms with Gasteiger partial charge in [0.1, 0.15) is 12.4 Å². The summed E-state index contributed by atoms with van der Waals surface area (Å²) in [6, 6.07) is 7.86. The zero-order valence-corrected chi connectivity index (χ0v) is 12.0. The van der Waals surface area contributed by atoms with E-state index in [1.54, 1.807) is 0 Å². The lowest BCUT2D eigenvalue weighted by atomic mass is 10.2. The molecule has 1 aromatic rings. The lowest BCUT2D eigenvalue weighted by molar-refractivity contribution is 0.0971. The van der Waals surface area contributed by atoms with Crippen LogP contribution < -0.4 is 4.74 Å². The lowest BCUT2D eigenvalue weighted by Crippen LogP contribution is -2.07. The number of benzene rings is 1. The van der Waals surface area contributed by atoms with Crippen LogP contribution in [0.15, 0.2) is 28.7 Å². The summed E-state index contributed by atoms with van der Waals surface area (Å²) in [6.45, 7) is 4.34. The van der Waals surface area contributed by atoms with Gasteiger partial charge in [-0.1, -0.05) is 48.2 Å². The van der Waals surface area contributed by atoms with Crippen LogP contribution >= 0.6 is 15.9 Å². The third-order valence-corrected chi connectivity index (χ3v) is 2.93. The second kappa shape index (κ2) is 9.49. The van der Waals surface area contributed by atoms with Gasteiger partial charge >= 0.3 is 0 Å². The normalized spacial score (nSPS) is 10.5. The van der Waals surface area contributed by atoms with Gasteiger partial charge in [-0.3, -0.25) is 0 Å². The largest absolute Gasteiger partial charge is 0.491 e. The third-order valence-electron chi connectivity index (χ3n) is 2.43. The van der Waals surface area contributed by atoms with Crippen LogP contribution in [0.3, 0.4) is 0 Å². The minimum Gasteiger partial charge on any atom is -0.491 e. The minimum absolute atomic E-state index is 0.615. The van der Waals surface area contributed by atoms with Crippen LogP contribution in [0.2, 0.25) is 0 Å². The molecule has 0 aliphatic rings. The van der Waals surface area contributed by atoms with Gasteiger partial charge in [0.05, 0.1) is 6.61 Å². The molecule has 0 atom stereocenters. The average Bonchev–Trinajstić information content (AvgIpc) is 2.33. The molecule has 0 aromatic heterocycles. The van der Waals surface area contributed by atoms with Gasteiger partial charge in [0.25, 0.3) is 0 Å². The van der Waals surface area contributed by atoms with Crippen molar-refractivity contribution < 1.29 is 9.47 Å². The summed E-state index contributed by atoms with van der Waals surface area (Å²) in [5, 5.41) is 0. The fourth-order valence-electron chi connectivity index (χ4n) is 1.51. The van der Waals surface area contributed by atoms with Crippen LogP contribution in [-0.4, -0.2) is 19.8 Å². The van der Waals surface area contributed by atoms with Crippen molar-refractivity contribution in [3.8, 4) is 5.75 Å². The number of ether oxygens (including phenoxy) is 2. The highest BCUT2D eigenvalue weighted by Gasteiger charge is 1.95. The molecule has 1 rings (SSSR count). The Hall–Kier alpha value is -0.540. The van der Waals surface area contributed by atoms with Crippen molar-refractivity contribution in [3.05, 3.63) is 28.7 Å². The highest BCUT2D eigenvalue weighted by molar-refractivity contribution is 9.10. The first-order chi connectivity index (χ1) is 8.33. The fraction of sp³-hybridized carbons (Fsp3) is 0.571. The summed E-state index contributed by atoms with van der Waals surface area (Å²) >= 11 is 3.41. The molecule has 0 spiro atoms. The van der Waals surface area contributed by atoms with E-state index in [0.717, 1.165) is 23.2 Å². The van der Waals surface area contributed by atoms with Crippen LogP contribution in [0, 0.1) is 0 Å². The molecule has 0 unspecified atom stereocenters. The Labute approximate surface area is 112 Å². The van der Waals surface area contributed by atoms with Gasteiger partial charge in [-0.25, -0.2) is 0 Å². The molecule has 0 aliphatic carbocycles. The van der Waals surface area contributed by atoms with Crippen LogP contribution in [0.5, 0.6) is 5.75 Å². The monoisotopic (exact) mass is 300 g/mol. The molecule has 0 fully saturated rings. The smallest absolute Gasteiger partial charge is 0.120 e. The fourth-order valence-corrected chi connectivity index (χ4v) is 1.89. The first-order valence-corrected chi connectivity index (χ1v) is 7.08. The number of unbranched alkanes of at least 4 members (excludes halogenated alkanes) is 3. The van der Waals surface area contributed by atoms with Crippen LogP contribution in [0.25, 0.3) is 0 Å². The molecule has 17 heavy (non-hydrogen) atoms. The average molecular weight is 301 g/mol. The molecule has 0 saturated heterocycles. The molecular weight excluding hydrogens is 280 g/mol. The summed E-state index contributed by atoms with van der Waals surface area (Å²) in [4.78, 5) is 0.